The van der Waals surface area contributed by atoms with Crippen molar-refractivity contribution in [3.05, 3.63) is 59.8 Å². The molecule has 4 heteroatoms. The third kappa shape index (κ3) is 2.14. The molecule has 0 atom stereocenters. The van der Waals surface area contributed by atoms with Gasteiger partial charge in [-0.25, -0.2) is 0 Å². The van der Waals surface area contributed by atoms with Crippen LogP contribution in [0.3, 0.4) is 0 Å². The summed E-state index contributed by atoms with van der Waals surface area (Å²) in [5, 5.41) is 0.944. The minimum absolute atomic E-state index is 0.0406. The van der Waals surface area contributed by atoms with E-state index in [9.17, 15) is 4.79 Å². The van der Waals surface area contributed by atoms with Crippen LogP contribution in [0.4, 0.5) is 5.69 Å². The predicted molar refractivity (Wildman–Crippen MR) is 83.8 cm³/mol. The second-order valence-corrected chi connectivity index (χ2v) is 4.96. The molecule has 0 spiro atoms. The van der Waals surface area contributed by atoms with Crippen LogP contribution in [0, 0.1) is 0 Å². The molecule has 2 N–H and O–H groups in total. The number of aryl methyl sites for hydroxylation is 1. The van der Waals surface area contributed by atoms with E-state index in [4.69, 9.17) is 10.5 Å². The Balaban J connectivity index is 2.10. The first-order chi connectivity index (χ1) is 10.1. The molecule has 4 nitrogen and oxygen atoms in total. The van der Waals surface area contributed by atoms with Gasteiger partial charge in [0.2, 0.25) is 0 Å². The molecule has 0 fully saturated rings. The van der Waals surface area contributed by atoms with Gasteiger partial charge in [-0.3, -0.25) is 4.79 Å². The summed E-state index contributed by atoms with van der Waals surface area (Å²) in [6.07, 6.45) is 1.85. The Morgan fingerprint density at radius 1 is 1.19 bits per heavy atom. The SMILES string of the molecule is COc1ccc(C(=O)c2cn(C)c3ccccc23)cc1N. The van der Waals surface area contributed by atoms with Crippen LogP contribution in [0.25, 0.3) is 10.9 Å². The highest BCUT2D eigenvalue weighted by Crippen LogP contribution is 2.26. The average Bonchev–Trinajstić information content (AvgIpc) is 2.84. The maximum absolute atomic E-state index is 12.7. The van der Waals surface area contributed by atoms with Gasteiger partial charge in [0, 0.05) is 35.3 Å². The number of ketones is 1. The molecule has 0 aliphatic rings. The number of benzene rings is 2. The Kier molecular flexibility index (Phi) is 3.14. The van der Waals surface area contributed by atoms with Crippen LogP contribution >= 0.6 is 0 Å². The van der Waals surface area contributed by atoms with Gasteiger partial charge in [-0.05, 0) is 24.3 Å². The molecule has 0 saturated heterocycles. The first kappa shape index (κ1) is 13.2. The Labute approximate surface area is 122 Å². The van der Waals surface area contributed by atoms with Crippen molar-refractivity contribution in [2.75, 3.05) is 12.8 Å². The number of hydrogen-bond donors (Lipinski definition) is 1. The number of hydrogen-bond acceptors (Lipinski definition) is 3. The van der Waals surface area contributed by atoms with Gasteiger partial charge in [0.25, 0.3) is 0 Å². The number of nitrogen functional groups attached to an aromatic ring is 1. The van der Waals surface area contributed by atoms with Crippen LogP contribution in [0.15, 0.2) is 48.7 Å². The fourth-order valence-corrected chi connectivity index (χ4v) is 2.55. The van der Waals surface area contributed by atoms with Crippen molar-refractivity contribution in [2.24, 2.45) is 7.05 Å². The number of carbonyl (C=O) groups excluding carboxylic acids is 1. The van der Waals surface area contributed by atoms with Gasteiger partial charge in [0.05, 0.1) is 12.8 Å². The number of rotatable bonds is 3. The van der Waals surface area contributed by atoms with Gasteiger partial charge in [0.1, 0.15) is 5.75 Å². The van der Waals surface area contributed by atoms with E-state index in [0.29, 0.717) is 22.6 Å². The van der Waals surface area contributed by atoms with Gasteiger partial charge in [0.15, 0.2) is 5.78 Å². The van der Waals surface area contributed by atoms with Gasteiger partial charge in [-0.15, -0.1) is 0 Å². The summed E-state index contributed by atoms with van der Waals surface area (Å²) in [4.78, 5) is 12.7. The molecule has 0 aliphatic carbocycles. The second-order valence-electron chi connectivity index (χ2n) is 4.96. The third-order valence-corrected chi connectivity index (χ3v) is 3.63. The van der Waals surface area contributed by atoms with E-state index in [1.165, 1.54) is 0 Å². The Morgan fingerprint density at radius 2 is 1.95 bits per heavy atom. The zero-order chi connectivity index (χ0) is 15.0. The number of nitrogens with zero attached hydrogens (tertiary/aromatic N) is 1. The lowest BCUT2D eigenvalue weighted by atomic mass is 10.0. The molecule has 0 radical (unpaired) electrons. The van der Waals surface area contributed by atoms with Gasteiger partial charge in [-0.1, -0.05) is 18.2 Å². The number of carbonyl (C=O) groups is 1. The summed E-state index contributed by atoms with van der Waals surface area (Å²) < 4.78 is 7.07. The molecule has 0 aliphatic heterocycles. The zero-order valence-electron chi connectivity index (χ0n) is 12.0. The number of fused-ring (bicyclic) bond motifs is 1. The topological polar surface area (TPSA) is 57.2 Å². The number of methoxy groups -OCH3 is 1. The van der Waals surface area contributed by atoms with Crippen molar-refractivity contribution in [1.82, 2.24) is 4.57 Å². The summed E-state index contributed by atoms with van der Waals surface area (Å²) >= 11 is 0. The molecular formula is C17H16N2O2. The molecule has 1 heterocycles. The van der Waals surface area contributed by atoms with Crippen molar-refractivity contribution < 1.29 is 9.53 Å². The predicted octanol–water partition coefficient (Wildman–Crippen LogP) is 3.00. The smallest absolute Gasteiger partial charge is 0.195 e. The van der Waals surface area contributed by atoms with Gasteiger partial charge in [-0.2, -0.15) is 0 Å². The zero-order valence-corrected chi connectivity index (χ0v) is 12.0. The Bertz CT molecular complexity index is 834. The Morgan fingerprint density at radius 3 is 2.67 bits per heavy atom. The van der Waals surface area contributed by atoms with E-state index in [1.54, 1.807) is 25.3 Å². The highest BCUT2D eigenvalue weighted by atomic mass is 16.5. The number of ether oxygens (including phenoxy) is 1. The third-order valence-electron chi connectivity index (χ3n) is 3.63. The number of nitrogens with two attached hydrogens (primary N) is 1. The molecule has 0 bridgehead atoms. The minimum Gasteiger partial charge on any atom is -0.495 e. The van der Waals surface area contributed by atoms with Crippen molar-refractivity contribution in [3.63, 3.8) is 0 Å². The van der Waals surface area contributed by atoms with E-state index in [-0.39, 0.29) is 5.78 Å². The molecular weight excluding hydrogens is 264 g/mol. The van der Waals surface area contributed by atoms with E-state index in [1.807, 2.05) is 42.1 Å². The molecule has 3 aromatic rings. The average molecular weight is 280 g/mol. The lowest BCUT2D eigenvalue weighted by Crippen LogP contribution is -2.02. The number of para-hydroxylation sites is 1. The summed E-state index contributed by atoms with van der Waals surface area (Å²) in [6.45, 7) is 0. The van der Waals surface area contributed by atoms with Crippen LogP contribution < -0.4 is 10.5 Å². The van der Waals surface area contributed by atoms with Crippen LogP contribution in [0.5, 0.6) is 5.75 Å². The highest BCUT2D eigenvalue weighted by molar-refractivity contribution is 6.16. The summed E-state index contributed by atoms with van der Waals surface area (Å²) in [5.74, 6) is 0.533. The molecule has 2 aromatic carbocycles. The largest absolute Gasteiger partial charge is 0.495 e. The normalized spacial score (nSPS) is 10.8. The molecule has 0 amide bonds. The van der Waals surface area contributed by atoms with E-state index in [0.717, 1.165) is 10.9 Å². The highest BCUT2D eigenvalue weighted by Gasteiger charge is 2.16. The maximum atomic E-state index is 12.7. The molecule has 21 heavy (non-hydrogen) atoms. The second kappa shape index (κ2) is 4.98. The maximum Gasteiger partial charge on any atom is 0.195 e. The van der Waals surface area contributed by atoms with Crippen molar-refractivity contribution in [2.45, 2.75) is 0 Å². The fraction of sp³-hybridized carbons (Fsp3) is 0.118. The van der Waals surface area contributed by atoms with E-state index >= 15 is 0 Å². The molecule has 3 rings (SSSR count). The fourth-order valence-electron chi connectivity index (χ4n) is 2.55. The van der Waals surface area contributed by atoms with Crippen molar-refractivity contribution in [3.8, 4) is 5.75 Å². The van der Waals surface area contributed by atoms with Gasteiger partial charge >= 0.3 is 0 Å². The standard InChI is InChI=1S/C17H16N2O2/c1-19-10-13(12-5-3-4-6-15(12)19)17(20)11-7-8-16(21-2)14(18)9-11/h3-10H,18H2,1-2H3. The summed E-state index contributed by atoms with van der Waals surface area (Å²) in [7, 11) is 3.49. The van der Waals surface area contributed by atoms with Crippen molar-refractivity contribution >= 4 is 22.4 Å². The molecule has 0 unspecified atom stereocenters. The Hall–Kier alpha value is -2.75. The molecule has 106 valence electrons. The monoisotopic (exact) mass is 280 g/mol. The summed E-state index contributed by atoms with van der Waals surface area (Å²) in [5.41, 5.74) is 8.61. The van der Waals surface area contributed by atoms with E-state index in [2.05, 4.69) is 0 Å². The molecule has 1 aromatic heterocycles. The van der Waals surface area contributed by atoms with Gasteiger partial charge < -0.3 is 15.0 Å². The van der Waals surface area contributed by atoms with Crippen LogP contribution in [-0.2, 0) is 7.05 Å². The summed E-state index contributed by atoms with van der Waals surface area (Å²) in [6, 6.07) is 12.9. The van der Waals surface area contributed by atoms with E-state index < -0.39 is 0 Å². The quantitative estimate of drug-likeness (QED) is 0.592. The van der Waals surface area contributed by atoms with Crippen molar-refractivity contribution in [1.29, 1.82) is 0 Å². The lowest BCUT2D eigenvalue weighted by Gasteiger charge is -2.06. The first-order valence-electron chi connectivity index (χ1n) is 6.64. The lowest BCUT2D eigenvalue weighted by molar-refractivity contribution is 0.104. The van der Waals surface area contributed by atoms with Crippen LogP contribution in [-0.4, -0.2) is 17.5 Å². The minimum atomic E-state index is -0.0406. The number of anilines is 1. The number of aromatic nitrogens is 1. The molecule has 0 saturated carbocycles. The van der Waals surface area contributed by atoms with Crippen LogP contribution in [0.2, 0.25) is 0 Å². The first-order valence-corrected chi connectivity index (χ1v) is 6.64. The van der Waals surface area contributed by atoms with Crippen LogP contribution in [0.1, 0.15) is 15.9 Å².